The van der Waals surface area contributed by atoms with E-state index in [1.807, 2.05) is 0 Å². The number of hydrogen-bond donors (Lipinski definition) is 1. The summed E-state index contributed by atoms with van der Waals surface area (Å²) in [6, 6.07) is 5.95. The minimum absolute atomic E-state index is 0.204. The van der Waals surface area contributed by atoms with Crippen LogP contribution in [0, 0.1) is 13.8 Å². The van der Waals surface area contributed by atoms with Gasteiger partial charge in [0.2, 0.25) is 0 Å². The number of ether oxygens (including phenoxy) is 1. The van der Waals surface area contributed by atoms with E-state index < -0.39 is 11.9 Å². The van der Waals surface area contributed by atoms with E-state index in [1.165, 1.54) is 18.3 Å². The number of carboxylic acid groups (broad SMARTS) is 1. The summed E-state index contributed by atoms with van der Waals surface area (Å²) in [5, 5.41) is 9.64. The molecule has 1 N–H and O–H groups in total. The number of carboxylic acids is 1. The van der Waals surface area contributed by atoms with Crippen LogP contribution < -0.4 is 4.74 Å². The lowest BCUT2D eigenvalue weighted by Crippen LogP contribution is -2.16. The van der Waals surface area contributed by atoms with Gasteiger partial charge in [-0.2, -0.15) is 0 Å². The largest absolute Gasteiger partial charge is 0.478 e. The summed E-state index contributed by atoms with van der Waals surface area (Å²) < 4.78 is 5.18. The van der Waals surface area contributed by atoms with Crippen molar-refractivity contribution in [3.8, 4) is 5.75 Å². The third-order valence-corrected chi connectivity index (χ3v) is 3.45. The van der Waals surface area contributed by atoms with Crippen molar-refractivity contribution < 1.29 is 19.4 Å². The summed E-state index contributed by atoms with van der Waals surface area (Å²) >= 11 is 6.04. The van der Waals surface area contributed by atoms with E-state index in [9.17, 15) is 9.59 Å². The van der Waals surface area contributed by atoms with Gasteiger partial charge in [-0.15, -0.1) is 0 Å². The molecule has 0 aliphatic rings. The predicted molar refractivity (Wildman–Crippen MR) is 77.1 cm³/mol. The number of carbonyl (C=O) groups is 2. The fourth-order valence-electron chi connectivity index (χ4n) is 1.86. The highest BCUT2D eigenvalue weighted by molar-refractivity contribution is 6.32. The molecule has 0 aliphatic heterocycles. The quantitative estimate of drug-likeness (QED) is 0.695. The van der Waals surface area contributed by atoms with Crippen LogP contribution in [-0.2, 0) is 0 Å². The van der Waals surface area contributed by atoms with E-state index in [0.29, 0.717) is 10.8 Å². The maximum atomic E-state index is 12.1. The second kappa shape index (κ2) is 5.93. The van der Waals surface area contributed by atoms with Gasteiger partial charge in [0, 0.05) is 11.2 Å². The molecule has 6 heteroatoms. The van der Waals surface area contributed by atoms with E-state index in [0.717, 1.165) is 11.1 Å². The normalized spacial score (nSPS) is 10.2. The molecule has 0 saturated carbocycles. The van der Waals surface area contributed by atoms with Crippen LogP contribution in [0.4, 0.5) is 0 Å². The Morgan fingerprint density at radius 1 is 1.24 bits per heavy atom. The minimum atomic E-state index is -1.24. The summed E-state index contributed by atoms with van der Waals surface area (Å²) in [6.07, 6.45) is 1.33. The Kier molecular flexibility index (Phi) is 4.23. The molecule has 21 heavy (non-hydrogen) atoms. The Labute approximate surface area is 126 Å². The third kappa shape index (κ3) is 3.20. The minimum Gasteiger partial charge on any atom is -0.478 e. The number of benzene rings is 1. The zero-order chi connectivity index (χ0) is 15.6. The summed E-state index contributed by atoms with van der Waals surface area (Å²) in [4.78, 5) is 26.9. The molecule has 0 atom stereocenters. The van der Waals surface area contributed by atoms with Crippen molar-refractivity contribution in [1.82, 2.24) is 4.98 Å². The molecule has 0 saturated heterocycles. The van der Waals surface area contributed by atoms with Gasteiger partial charge in [0.15, 0.2) is 5.69 Å². The van der Waals surface area contributed by atoms with Crippen LogP contribution in [0.1, 0.15) is 32.0 Å². The van der Waals surface area contributed by atoms with Crippen LogP contribution in [-0.4, -0.2) is 22.0 Å². The number of aromatic nitrogens is 1. The number of halogens is 1. The van der Waals surface area contributed by atoms with Gasteiger partial charge in [0.1, 0.15) is 5.75 Å². The topological polar surface area (TPSA) is 76.5 Å². The number of aryl methyl sites for hydroxylation is 2. The van der Waals surface area contributed by atoms with Crippen molar-refractivity contribution >= 4 is 23.5 Å². The van der Waals surface area contributed by atoms with Crippen LogP contribution in [0.15, 0.2) is 30.5 Å². The number of hydrogen-bond acceptors (Lipinski definition) is 4. The monoisotopic (exact) mass is 305 g/mol. The van der Waals surface area contributed by atoms with Gasteiger partial charge >= 0.3 is 11.9 Å². The van der Waals surface area contributed by atoms with Crippen LogP contribution >= 0.6 is 11.6 Å². The van der Waals surface area contributed by atoms with Crippen molar-refractivity contribution in [2.45, 2.75) is 13.8 Å². The Morgan fingerprint density at radius 2 is 1.86 bits per heavy atom. The SMILES string of the molecule is Cc1cc(OC(=O)c2ncccc2C(=O)O)cc(C)c1Cl. The molecule has 2 rings (SSSR count). The molecule has 108 valence electrons. The lowest BCUT2D eigenvalue weighted by molar-refractivity contribution is 0.0664. The average Bonchev–Trinajstić information content (AvgIpc) is 2.44. The van der Waals surface area contributed by atoms with E-state index in [2.05, 4.69) is 4.98 Å². The first-order valence-corrected chi connectivity index (χ1v) is 6.45. The predicted octanol–water partition coefficient (Wildman–Crippen LogP) is 3.27. The fourth-order valence-corrected chi connectivity index (χ4v) is 1.97. The van der Waals surface area contributed by atoms with Gasteiger partial charge in [-0.25, -0.2) is 14.6 Å². The Bertz CT molecular complexity index is 704. The molecule has 0 amide bonds. The standard InChI is InChI=1S/C15H12ClNO4/c1-8-6-10(7-9(2)12(8)16)21-15(20)13-11(14(18)19)4-3-5-17-13/h3-7H,1-2H3,(H,18,19). The Hall–Kier alpha value is -2.40. The van der Waals surface area contributed by atoms with E-state index in [4.69, 9.17) is 21.4 Å². The molecule has 0 fully saturated rings. The lowest BCUT2D eigenvalue weighted by atomic mass is 10.1. The van der Waals surface area contributed by atoms with Gasteiger partial charge in [-0.3, -0.25) is 0 Å². The highest BCUT2D eigenvalue weighted by atomic mass is 35.5. The van der Waals surface area contributed by atoms with Gasteiger partial charge in [-0.05, 0) is 49.2 Å². The average molecular weight is 306 g/mol. The maximum absolute atomic E-state index is 12.1. The molecule has 1 heterocycles. The van der Waals surface area contributed by atoms with Gasteiger partial charge in [-0.1, -0.05) is 11.6 Å². The highest BCUT2D eigenvalue weighted by Crippen LogP contribution is 2.26. The smallest absolute Gasteiger partial charge is 0.363 e. The fraction of sp³-hybridized carbons (Fsp3) is 0.133. The molecule has 0 radical (unpaired) electrons. The lowest BCUT2D eigenvalue weighted by Gasteiger charge is -2.09. The van der Waals surface area contributed by atoms with Crippen molar-refractivity contribution in [3.63, 3.8) is 0 Å². The number of pyridine rings is 1. The van der Waals surface area contributed by atoms with E-state index in [1.54, 1.807) is 26.0 Å². The molecule has 1 aromatic carbocycles. The summed E-state index contributed by atoms with van der Waals surface area (Å²) in [5.74, 6) is -1.77. The van der Waals surface area contributed by atoms with Crippen LogP contribution in [0.5, 0.6) is 5.75 Å². The Morgan fingerprint density at radius 3 is 2.43 bits per heavy atom. The number of esters is 1. The van der Waals surface area contributed by atoms with E-state index >= 15 is 0 Å². The van der Waals surface area contributed by atoms with Crippen LogP contribution in [0.3, 0.4) is 0 Å². The molecular weight excluding hydrogens is 294 g/mol. The molecule has 1 aromatic heterocycles. The Balaban J connectivity index is 2.33. The molecule has 0 spiro atoms. The van der Waals surface area contributed by atoms with Crippen LogP contribution in [0.25, 0.3) is 0 Å². The number of aromatic carboxylic acids is 1. The zero-order valence-corrected chi connectivity index (χ0v) is 12.1. The first-order valence-electron chi connectivity index (χ1n) is 6.07. The van der Waals surface area contributed by atoms with Crippen molar-refractivity contribution in [2.24, 2.45) is 0 Å². The third-order valence-electron chi connectivity index (χ3n) is 2.85. The van der Waals surface area contributed by atoms with E-state index in [-0.39, 0.29) is 11.3 Å². The first kappa shape index (κ1) is 15.0. The van der Waals surface area contributed by atoms with Crippen molar-refractivity contribution in [2.75, 3.05) is 0 Å². The van der Waals surface area contributed by atoms with Crippen molar-refractivity contribution in [1.29, 1.82) is 0 Å². The second-order valence-corrected chi connectivity index (χ2v) is 4.84. The molecular formula is C15H12ClNO4. The summed E-state index contributed by atoms with van der Waals surface area (Å²) in [7, 11) is 0. The molecule has 0 unspecified atom stereocenters. The molecule has 0 aliphatic carbocycles. The zero-order valence-electron chi connectivity index (χ0n) is 11.4. The van der Waals surface area contributed by atoms with Crippen LogP contribution in [0.2, 0.25) is 5.02 Å². The van der Waals surface area contributed by atoms with Gasteiger partial charge in [0.25, 0.3) is 0 Å². The second-order valence-electron chi connectivity index (χ2n) is 4.47. The molecule has 5 nitrogen and oxygen atoms in total. The first-order chi connectivity index (χ1) is 9.90. The maximum Gasteiger partial charge on any atom is 0.363 e. The van der Waals surface area contributed by atoms with Gasteiger partial charge < -0.3 is 9.84 Å². The van der Waals surface area contributed by atoms with Crippen molar-refractivity contribution in [3.05, 3.63) is 57.9 Å². The van der Waals surface area contributed by atoms with Gasteiger partial charge in [0.05, 0.1) is 5.56 Å². The molecule has 2 aromatic rings. The number of rotatable bonds is 3. The number of nitrogens with zero attached hydrogens (tertiary/aromatic N) is 1. The number of carbonyl (C=O) groups excluding carboxylic acids is 1. The summed E-state index contributed by atoms with van der Waals surface area (Å²) in [5.41, 5.74) is 1.08. The summed E-state index contributed by atoms with van der Waals surface area (Å²) in [6.45, 7) is 3.58. The molecule has 0 bridgehead atoms. The highest BCUT2D eigenvalue weighted by Gasteiger charge is 2.20.